The molecule has 110 valence electrons. The molecular weight excluding hydrogens is 234 g/mol. The van der Waals surface area contributed by atoms with Gasteiger partial charge >= 0.3 is 0 Å². The topological polar surface area (TPSA) is 27.3 Å². The molecule has 1 aliphatic heterocycles. The molecular formula is C16H31N3. The normalized spacial score (nSPS) is 33.2. The Morgan fingerprint density at radius 1 is 1.32 bits per heavy atom. The Morgan fingerprint density at radius 2 is 2.05 bits per heavy atom. The van der Waals surface area contributed by atoms with E-state index in [1.54, 1.807) is 5.57 Å². The van der Waals surface area contributed by atoms with E-state index in [-0.39, 0.29) is 0 Å². The minimum absolute atomic E-state index is 0.732. The summed E-state index contributed by atoms with van der Waals surface area (Å²) in [4.78, 5) is 2.56. The maximum absolute atomic E-state index is 3.69. The first-order valence-corrected chi connectivity index (χ1v) is 7.98. The number of hydrogen-bond donors (Lipinski definition) is 2. The minimum Gasteiger partial charge on any atom is -0.315 e. The number of allylic oxidation sites excluding steroid dienone is 2. The van der Waals surface area contributed by atoms with Crippen molar-refractivity contribution in [2.24, 2.45) is 17.8 Å². The smallest absolute Gasteiger partial charge is 0.0108 e. The quantitative estimate of drug-likeness (QED) is 0.585. The molecule has 2 aliphatic rings. The second-order valence-corrected chi connectivity index (χ2v) is 6.51. The lowest BCUT2D eigenvalue weighted by atomic mass is 9.75. The van der Waals surface area contributed by atoms with Crippen molar-refractivity contribution in [1.82, 2.24) is 15.5 Å². The molecule has 1 heterocycles. The van der Waals surface area contributed by atoms with E-state index >= 15 is 0 Å². The van der Waals surface area contributed by atoms with E-state index < -0.39 is 0 Å². The van der Waals surface area contributed by atoms with Gasteiger partial charge < -0.3 is 10.6 Å². The Bertz CT molecular complexity index is 294. The summed E-state index contributed by atoms with van der Waals surface area (Å²) in [5.74, 6) is 2.37. The van der Waals surface area contributed by atoms with Gasteiger partial charge in [0.1, 0.15) is 0 Å². The molecule has 1 fully saturated rings. The molecule has 3 atom stereocenters. The van der Waals surface area contributed by atoms with Crippen LogP contribution in [0.1, 0.15) is 27.2 Å². The van der Waals surface area contributed by atoms with Crippen LogP contribution in [0.4, 0.5) is 0 Å². The Hall–Kier alpha value is -0.380. The molecule has 0 bridgehead atoms. The van der Waals surface area contributed by atoms with Gasteiger partial charge in [-0.15, -0.1) is 0 Å². The molecule has 0 radical (unpaired) electrons. The number of rotatable bonds is 5. The van der Waals surface area contributed by atoms with Crippen molar-refractivity contribution in [3.05, 3.63) is 11.6 Å². The summed E-state index contributed by atoms with van der Waals surface area (Å²) < 4.78 is 0. The number of piperazine rings is 1. The summed E-state index contributed by atoms with van der Waals surface area (Å²) >= 11 is 0. The van der Waals surface area contributed by atoms with Crippen molar-refractivity contribution in [1.29, 1.82) is 0 Å². The van der Waals surface area contributed by atoms with Crippen LogP contribution in [-0.4, -0.2) is 50.7 Å². The summed E-state index contributed by atoms with van der Waals surface area (Å²) in [6, 6.07) is 0. The van der Waals surface area contributed by atoms with Crippen molar-refractivity contribution >= 4 is 0 Å². The SMILES string of the molecule is CC1=CC(C)C(CNCCN2CCNCC2)C(C)C1. The van der Waals surface area contributed by atoms with Crippen LogP contribution in [0.25, 0.3) is 0 Å². The van der Waals surface area contributed by atoms with E-state index in [4.69, 9.17) is 0 Å². The fraction of sp³-hybridized carbons (Fsp3) is 0.875. The monoisotopic (exact) mass is 265 g/mol. The third kappa shape index (κ3) is 4.59. The highest BCUT2D eigenvalue weighted by molar-refractivity contribution is 5.08. The van der Waals surface area contributed by atoms with Crippen molar-refractivity contribution < 1.29 is 0 Å². The molecule has 3 unspecified atom stereocenters. The van der Waals surface area contributed by atoms with Crippen LogP contribution in [0.2, 0.25) is 0 Å². The summed E-state index contributed by atoms with van der Waals surface area (Å²) in [7, 11) is 0. The van der Waals surface area contributed by atoms with Crippen LogP contribution in [-0.2, 0) is 0 Å². The van der Waals surface area contributed by atoms with E-state index in [0.717, 1.165) is 37.4 Å². The summed E-state index contributed by atoms with van der Waals surface area (Å²) in [5, 5.41) is 7.09. The first-order chi connectivity index (χ1) is 9.16. The first-order valence-electron chi connectivity index (χ1n) is 7.98. The average Bonchev–Trinajstić information content (AvgIpc) is 2.38. The van der Waals surface area contributed by atoms with Crippen LogP contribution >= 0.6 is 0 Å². The van der Waals surface area contributed by atoms with Crippen LogP contribution in [0.15, 0.2) is 11.6 Å². The van der Waals surface area contributed by atoms with Gasteiger partial charge in [-0.25, -0.2) is 0 Å². The number of nitrogens with one attached hydrogen (secondary N) is 2. The van der Waals surface area contributed by atoms with Crippen molar-refractivity contribution in [3.8, 4) is 0 Å². The van der Waals surface area contributed by atoms with Gasteiger partial charge in [0, 0.05) is 39.3 Å². The third-order valence-corrected chi connectivity index (χ3v) is 4.79. The lowest BCUT2D eigenvalue weighted by Crippen LogP contribution is -2.46. The molecule has 0 aromatic heterocycles. The van der Waals surface area contributed by atoms with Crippen molar-refractivity contribution in [3.63, 3.8) is 0 Å². The fourth-order valence-corrected chi connectivity index (χ4v) is 3.65. The molecule has 0 amide bonds. The van der Waals surface area contributed by atoms with E-state index in [0.29, 0.717) is 0 Å². The second-order valence-electron chi connectivity index (χ2n) is 6.51. The average molecular weight is 265 g/mol. The highest BCUT2D eigenvalue weighted by atomic mass is 15.2. The molecule has 19 heavy (non-hydrogen) atoms. The van der Waals surface area contributed by atoms with Gasteiger partial charge in [0.05, 0.1) is 0 Å². The lowest BCUT2D eigenvalue weighted by Gasteiger charge is -2.33. The zero-order valence-electron chi connectivity index (χ0n) is 12.9. The van der Waals surface area contributed by atoms with E-state index in [2.05, 4.69) is 42.4 Å². The lowest BCUT2D eigenvalue weighted by molar-refractivity contribution is 0.227. The molecule has 1 aliphatic carbocycles. The molecule has 3 heteroatoms. The number of hydrogen-bond acceptors (Lipinski definition) is 3. The van der Waals surface area contributed by atoms with E-state index in [1.807, 2.05) is 0 Å². The fourth-order valence-electron chi connectivity index (χ4n) is 3.65. The Morgan fingerprint density at radius 3 is 2.74 bits per heavy atom. The minimum atomic E-state index is 0.732. The first kappa shape index (κ1) is 15.0. The van der Waals surface area contributed by atoms with Crippen molar-refractivity contribution in [2.75, 3.05) is 45.8 Å². The van der Waals surface area contributed by atoms with Crippen LogP contribution in [0.5, 0.6) is 0 Å². The Balaban J connectivity index is 1.64. The van der Waals surface area contributed by atoms with Gasteiger partial charge in [-0.3, -0.25) is 4.90 Å². The van der Waals surface area contributed by atoms with Gasteiger partial charge in [0.15, 0.2) is 0 Å². The van der Waals surface area contributed by atoms with Crippen LogP contribution in [0, 0.1) is 17.8 Å². The standard InChI is InChI=1S/C16H31N3/c1-13-10-14(2)16(15(3)11-13)12-18-6-9-19-7-4-17-5-8-19/h10,14-18H,4-9,11-12H2,1-3H3. The van der Waals surface area contributed by atoms with Crippen molar-refractivity contribution in [2.45, 2.75) is 27.2 Å². The van der Waals surface area contributed by atoms with Gasteiger partial charge in [0.2, 0.25) is 0 Å². The summed E-state index contributed by atoms with van der Waals surface area (Å²) in [5.41, 5.74) is 1.58. The Labute approximate surface area is 118 Å². The molecule has 0 aromatic carbocycles. The summed E-state index contributed by atoms with van der Waals surface area (Å²) in [6.07, 6.45) is 3.76. The van der Waals surface area contributed by atoms with Gasteiger partial charge in [-0.1, -0.05) is 25.5 Å². The molecule has 2 N–H and O–H groups in total. The maximum Gasteiger partial charge on any atom is 0.0108 e. The zero-order valence-corrected chi connectivity index (χ0v) is 12.9. The van der Waals surface area contributed by atoms with Crippen LogP contribution < -0.4 is 10.6 Å². The summed E-state index contributed by atoms with van der Waals surface area (Å²) in [6.45, 7) is 15.3. The molecule has 1 saturated heterocycles. The van der Waals surface area contributed by atoms with E-state index in [9.17, 15) is 0 Å². The van der Waals surface area contributed by atoms with Gasteiger partial charge in [-0.2, -0.15) is 0 Å². The zero-order chi connectivity index (χ0) is 13.7. The molecule has 0 spiro atoms. The maximum atomic E-state index is 3.69. The number of nitrogens with zero attached hydrogens (tertiary/aromatic N) is 1. The molecule has 0 saturated carbocycles. The van der Waals surface area contributed by atoms with Crippen LogP contribution in [0.3, 0.4) is 0 Å². The van der Waals surface area contributed by atoms with Gasteiger partial charge in [-0.05, 0) is 37.6 Å². The largest absolute Gasteiger partial charge is 0.315 e. The predicted molar refractivity (Wildman–Crippen MR) is 82.4 cm³/mol. The highest BCUT2D eigenvalue weighted by Gasteiger charge is 2.26. The van der Waals surface area contributed by atoms with E-state index in [1.165, 1.54) is 32.6 Å². The Kier molecular flexibility index (Phi) is 5.86. The molecule has 3 nitrogen and oxygen atoms in total. The highest BCUT2D eigenvalue weighted by Crippen LogP contribution is 2.32. The molecule has 0 aromatic rings. The third-order valence-electron chi connectivity index (χ3n) is 4.79. The second kappa shape index (κ2) is 7.41. The van der Waals surface area contributed by atoms with Gasteiger partial charge in [0.25, 0.3) is 0 Å². The predicted octanol–water partition coefficient (Wildman–Crippen LogP) is 1.72. The molecule has 2 rings (SSSR count).